The SMILES string of the molecule is CNCCNc1cnn(Cc2cc(Cl)ccc2Cl)c(=O)c1. The van der Waals surface area contributed by atoms with E-state index in [1.807, 2.05) is 7.05 Å². The standard InChI is InChI=1S/C14H16Cl2N4O/c1-17-4-5-18-12-7-14(21)20(19-8-12)9-10-6-11(15)2-3-13(10)16/h2-3,6-8,17-18H,4-5,9H2,1H3. The molecule has 0 bridgehead atoms. The Morgan fingerprint density at radius 2 is 2.05 bits per heavy atom. The zero-order valence-electron chi connectivity index (χ0n) is 11.6. The van der Waals surface area contributed by atoms with Crippen LogP contribution in [-0.2, 0) is 6.54 Å². The predicted octanol–water partition coefficient (Wildman–Crippen LogP) is 2.23. The summed E-state index contributed by atoms with van der Waals surface area (Å²) in [6, 6.07) is 6.66. The first kappa shape index (κ1) is 15.8. The minimum atomic E-state index is -0.194. The predicted molar refractivity (Wildman–Crippen MR) is 86.5 cm³/mol. The Morgan fingerprint density at radius 1 is 1.24 bits per heavy atom. The quantitative estimate of drug-likeness (QED) is 0.799. The molecule has 5 nitrogen and oxygen atoms in total. The Hall–Kier alpha value is -1.56. The van der Waals surface area contributed by atoms with Crippen LogP contribution >= 0.6 is 23.2 Å². The molecular formula is C14H16Cl2N4O. The monoisotopic (exact) mass is 326 g/mol. The van der Waals surface area contributed by atoms with Crippen LogP contribution in [0.4, 0.5) is 5.69 Å². The second kappa shape index (κ2) is 7.45. The molecular weight excluding hydrogens is 311 g/mol. The van der Waals surface area contributed by atoms with Crippen LogP contribution in [0.1, 0.15) is 5.56 Å². The van der Waals surface area contributed by atoms with E-state index in [9.17, 15) is 4.79 Å². The first-order valence-corrected chi connectivity index (χ1v) is 7.25. The van der Waals surface area contributed by atoms with E-state index in [0.29, 0.717) is 15.7 Å². The summed E-state index contributed by atoms with van der Waals surface area (Å²) in [5.74, 6) is 0. The van der Waals surface area contributed by atoms with Gasteiger partial charge in [-0.15, -0.1) is 0 Å². The Bertz CT molecular complexity index is 672. The lowest BCUT2D eigenvalue weighted by Gasteiger charge is -2.09. The van der Waals surface area contributed by atoms with Crippen LogP contribution in [0.25, 0.3) is 0 Å². The van der Waals surface area contributed by atoms with Gasteiger partial charge in [0, 0.05) is 29.2 Å². The third kappa shape index (κ3) is 4.46. The smallest absolute Gasteiger partial charge is 0.269 e. The molecule has 0 saturated heterocycles. The maximum atomic E-state index is 12.0. The number of aromatic nitrogens is 2. The van der Waals surface area contributed by atoms with Crippen LogP contribution in [0.5, 0.6) is 0 Å². The van der Waals surface area contributed by atoms with Crippen molar-refractivity contribution in [3.8, 4) is 0 Å². The van der Waals surface area contributed by atoms with E-state index < -0.39 is 0 Å². The number of nitrogens with zero attached hydrogens (tertiary/aromatic N) is 2. The van der Waals surface area contributed by atoms with E-state index in [1.54, 1.807) is 24.4 Å². The minimum Gasteiger partial charge on any atom is -0.382 e. The molecule has 112 valence electrons. The van der Waals surface area contributed by atoms with Gasteiger partial charge in [-0.2, -0.15) is 5.10 Å². The highest BCUT2D eigenvalue weighted by Crippen LogP contribution is 2.20. The number of anilines is 1. The fourth-order valence-electron chi connectivity index (χ4n) is 1.81. The van der Waals surface area contributed by atoms with Gasteiger partial charge in [0.15, 0.2) is 0 Å². The van der Waals surface area contributed by atoms with Gasteiger partial charge in [0.1, 0.15) is 0 Å². The molecule has 0 saturated carbocycles. The summed E-state index contributed by atoms with van der Waals surface area (Å²) in [5, 5.41) is 11.4. The first-order valence-electron chi connectivity index (χ1n) is 6.49. The molecule has 1 aromatic heterocycles. The molecule has 2 rings (SSSR count). The van der Waals surface area contributed by atoms with Crippen molar-refractivity contribution >= 4 is 28.9 Å². The van der Waals surface area contributed by atoms with Crippen molar-refractivity contribution in [3.63, 3.8) is 0 Å². The summed E-state index contributed by atoms with van der Waals surface area (Å²) in [6.45, 7) is 1.82. The zero-order valence-corrected chi connectivity index (χ0v) is 13.1. The number of hydrogen-bond donors (Lipinski definition) is 2. The first-order chi connectivity index (χ1) is 10.1. The summed E-state index contributed by atoms with van der Waals surface area (Å²) in [6.07, 6.45) is 1.62. The molecule has 7 heteroatoms. The third-order valence-electron chi connectivity index (χ3n) is 2.90. The highest BCUT2D eigenvalue weighted by molar-refractivity contribution is 6.33. The van der Waals surface area contributed by atoms with Gasteiger partial charge in [0.25, 0.3) is 5.56 Å². The van der Waals surface area contributed by atoms with Crippen molar-refractivity contribution in [1.29, 1.82) is 0 Å². The number of nitrogens with one attached hydrogen (secondary N) is 2. The van der Waals surface area contributed by atoms with Gasteiger partial charge in [-0.25, -0.2) is 4.68 Å². The Kier molecular flexibility index (Phi) is 5.61. The number of rotatable bonds is 6. The normalized spacial score (nSPS) is 10.6. The second-order valence-electron chi connectivity index (χ2n) is 4.51. The fourth-order valence-corrected chi connectivity index (χ4v) is 2.18. The van der Waals surface area contributed by atoms with E-state index in [-0.39, 0.29) is 12.1 Å². The fraction of sp³-hybridized carbons (Fsp3) is 0.286. The minimum absolute atomic E-state index is 0.194. The highest BCUT2D eigenvalue weighted by Gasteiger charge is 2.05. The Morgan fingerprint density at radius 3 is 2.76 bits per heavy atom. The van der Waals surface area contributed by atoms with E-state index >= 15 is 0 Å². The van der Waals surface area contributed by atoms with E-state index in [4.69, 9.17) is 23.2 Å². The maximum Gasteiger partial charge on any atom is 0.269 e. The van der Waals surface area contributed by atoms with Crippen LogP contribution < -0.4 is 16.2 Å². The van der Waals surface area contributed by atoms with Gasteiger partial charge in [0.2, 0.25) is 0 Å². The van der Waals surface area contributed by atoms with Gasteiger partial charge in [-0.05, 0) is 30.8 Å². The van der Waals surface area contributed by atoms with Crippen LogP contribution in [0.2, 0.25) is 10.0 Å². The average Bonchev–Trinajstić information content (AvgIpc) is 2.46. The van der Waals surface area contributed by atoms with Gasteiger partial charge in [-0.1, -0.05) is 23.2 Å². The Labute approximate surface area is 132 Å². The van der Waals surface area contributed by atoms with Crippen LogP contribution in [-0.4, -0.2) is 29.9 Å². The molecule has 2 N–H and O–H groups in total. The number of halogens is 2. The largest absolute Gasteiger partial charge is 0.382 e. The average molecular weight is 327 g/mol. The molecule has 2 aromatic rings. The van der Waals surface area contributed by atoms with Gasteiger partial charge >= 0.3 is 0 Å². The molecule has 0 spiro atoms. The summed E-state index contributed by atoms with van der Waals surface area (Å²) < 4.78 is 1.35. The van der Waals surface area contributed by atoms with Gasteiger partial charge in [0.05, 0.1) is 18.4 Å². The molecule has 0 amide bonds. The van der Waals surface area contributed by atoms with Crippen molar-refractivity contribution in [3.05, 3.63) is 56.4 Å². The molecule has 1 aromatic carbocycles. The lowest BCUT2D eigenvalue weighted by Crippen LogP contribution is -2.24. The van der Waals surface area contributed by atoms with Crippen LogP contribution in [0, 0.1) is 0 Å². The van der Waals surface area contributed by atoms with Crippen molar-refractivity contribution in [2.75, 3.05) is 25.5 Å². The lowest BCUT2D eigenvalue weighted by atomic mass is 10.2. The zero-order chi connectivity index (χ0) is 15.2. The summed E-state index contributed by atoms with van der Waals surface area (Å²) in [7, 11) is 1.87. The molecule has 0 fully saturated rings. The summed E-state index contributed by atoms with van der Waals surface area (Å²) in [4.78, 5) is 12.0. The molecule has 0 aliphatic rings. The molecule has 0 unspecified atom stereocenters. The third-order valence-corrected chi connectivity index (χ3v) is 3.51. The molecule has 21 heavy (non-hydrogen) atoms. The maximum absolute atomic E-state index is 12.0. The summed E-state index contributed by atoms with van der Waals surface area (Å²) >= 11 is 12.0. The molecule has 0 atom stereocenters. The van der Waals surface area contributed by atoms with E-state index in [2.05, 4.69) is 15.7 Å². The van der Waals surface area contributed by atoms with E-state index in [1.165, 1.54) is 10.7 Å². The second-order valence-corrected chi connectivity index (χ2v) is 5.35. The molecule has 0 aliphatic carbocycles. The van der Waals surface area contributed by atoms with Crippen molar-refractivity contribution in [2.24, 2.45) is 0 Å². The topological polar surface area (TPSA) is 59.0 Å². The highest BCUT2D eigenvalue weighted by atomic mass is 35.5. The Balaban J connectivity index is 2.14. The van der Waals surface area contributed by atoms with Crippen molar-refractivity contribution in [1.82, 2.24) is 15.1 Å². The molecule has 0 radical (unpaired) electrons. The van der Waals surface area contributed by atoms with Gasteiger partial charge in [-0.3, -0.25) is 4.79 Å². The van der Waals surface area contributed by atoms with Gasteiger partial charge < -0.3 is 10.6 Å². The van der Waals surface area contributed by atoms with Crippen LogP contribution in [0.3, 0.4) is 0 Å². The van der Waals surface area contributed by atoms with E-state index in [0.717, 1.165) is 18.7 Å². The lowest BCUT2D eigenvalue weighted by molar-refractivity contribution is 0.639. The van der Waals surface area contributed by atoms with Crippen molar-refractivity contribution in [2.45, 2.75) is 6.54 Å². The number of benzene rings is 1. The number of likely N-dealkylation sites (N-methyl/N-ethyl adjacent to an activating group) is 1. The number of hydrogen-bond acceptors (Lipinski definition) is 4. The van der Waals surface area contributed by atoms with Crippen LogP contribution in [0.15, 0.2) is 35.3 Å². The van der Waals surface area contributed by atoms with Crippen molar-refractivity contribution < 1.29 is 0 Å². The summed E-state index contributed by atoms with van der Waals surface area (Å²) in [5.41, 5.74) is 1.26. The molecule has 0 aliphatic heterocycles. The molecule has 1 heterocycles.